The second-order valence-electron chi connectivity index (χ2n) is 8.32. The zero-order valence-corrected chi connectivity index (χ0v) is 20.1. The zero-order chi connectivity index (χ0) is 22.7. The molecule has 176 valence electrons. The Bertz CT molecular complexity index is 1090. The van der Waals surface area contributed by atoms with Crippen LogP contribution in [0.5, 0.6) is 5.88 Å². The summed E-state index contributed by atoms with van der Waals surface area (Å²) in [5, 5.41) is 10.3. The Morgan fingerprint density at radius 2 is 1.97 bits per heavy atom. The Morgan fingerprint density at radius 1 is 1.24 bits per heavy atom. The van der Waals surface area contributed by atoms with E-state index in [2.05, 4.69) is 9.97 Å². The monoisotopic (exact) mass is 470 g/mol. The molecule has 0 bridgehead atoms. The minimum absolute atomic E-state index is 0. The van der Waals surface area contributed by atoms with Gasteiger partial charge in [-0.2, -0.15) is 13.5 Å². The Kier molecular flexibility index (Phi) is 8.23. The number of hydrogen-bond acceptors (Lipinski definition) is 7. The van der Waals surface area contributed by atoms with E-state index in [1.54, 1.807) is 24.2 Å². The van der Waals surface area contributed by atoms with Gasteiger partial charge in [-0.05, 0) is 17.5 Å². The zero-order valence-electron chi connectivity index (χ0n) is 19.1. The van der Waals surface area contributed by atoms with E-state index in [9.17, 15) is 9.90 Å². The molecule has 0 spiro atoms. The minimum Gasteiger partial charge on any atom is -0.473 e. The van der Waals surface area contributed by atoms with Crippen LogP contribution in [0.4, 0.5) is 0 Å². The molecule has 3 aromatic rings. The number of hydrogen-bond donors (Lipinski definition) is 1. The van der Waals surface area contributed by atoms with Gasteiger partial charge in [-0.25, -0.2) is 9.97 Å². The van der Waals surface area contributed by atoms with Gasteiger partial charge in [-0.3, -0.25) is 9.78 Å². The van der Waals surface area contributed by atoms with Crippen LogP contribution in [0.1, 0.15) is 32.4 Å². The predicted octanol–water partition coefficient (Wildman–Crippen LogP) is 3.12. The van der Waals surface area contributed by atoms with Crippen LogP contribution in [0.25, 0.3) is 22.3 Å². The molecule has 4 rings (SSSR count). The van der Waals surface area contributed by atoms with Crippen LogP contribution < -0.4 is 4.74 Å². The van der Waals surface area contributed by atoms with Crippen molar-refractivity contribution >= 4 is 30.4 Å². The van der Waals surface area contributed by atoms with Crippen LogP contribution in [0.15, 0.2) is 42.7 Å². The van der Waals surface area contributed by atoms with Crippen LogP contribution in [-0.4, -0.2) is 63.3 Å². The number of ether oxygens (including phenoxy) is 2. The fraction of sp³-hybridized carbons (Fsp3) is 0.417. The average molecular weight is 471 g/mol. The molecule has 1 aromatic carbocycles. The Hall–Kier alpha value is -2.75. The van der Waals surface area contributed by atoms with E-state index >= 15 is 0 Å². The predicted molar refractivity (Wildman–Crippen MR) is 130 cm³/mol. The number of amides is 1. The number of morpholine rings is 1. The Labute approximate surface area is 200 Å². The average Bonchev–Trinajstić information content (AvgIpc) is 2.82. The fourth-order valence-corrected chi connectivity index (χ4v) is 3.71. The van der Waals surface area contributed by atoms with E-state index < -0.39 is 6.10 Å². The Balaban J connectivity index is 0.00000306. The number of pyridine rings is 1. The SMILES string of the molecule is CC(=O)N1CCO[C@H](COc2nc(-c3ccc(C(O)C(C)C)cc3)cc3nccnc23)C1.S. The highest BCUT2D eigenvalue weighted by Gasteiger charge is 2.23. The van der Waals surface area contributed by atoms with Crippen molar-refractivity contribution in [2.24, 2.45) is 5.92 Å². The molecule has 0 saturated carbocycles. The quantitative estimate of drug-likeness (QED) is 0.591. The third-order valence-corrected chi connectivity index (χ3v) is 5.59. The van der Waals surface area contributed by atoms with Crippen LogP contribution in [-0.2, 0) is 9.53 Å². The first kappa shape index (κ1) is 24.9. The number of benzene rings is 1. The van der Waals surface area contributed by atoms with E-state index in [0.29, 0.717) is 42.3 Å². The van der Waals surface area contributed by atoms with Gasteiger partial charge in [0, 0.05) is 31.4 Å². The van der Waals surface area contributed by atoms with Gasteiger partial charge in [-0.1, -0.05) is 38.1 Å². The van der Waals surface area contributed by atoms with Crippen LogP contribution in [0.2, 0.25) is 0 Å². The minimum atomic E-state index is -0.511. The second-order valence-corrected chi connectivity index (χ2v) is 8.32. The summed E-state index contributed by atoms with van der Waals surface area (Å²) in [5.41, 5.74) is 3.70. The molecule has 1 saturated heterocycles. The topological polar surface area (TPSA) is 97.7 Å². The summed E-state index contributed by atoms with van der Waals surface area (Å²) in [5.74, 6) is 0.539. The lowest BCUT2D eigenvalue weighted by molar-refractivity contribution is -0.137. The van der Waals surface area contributed by atoms with Gasteiger partial charge in [-0.15, -0.1) is 0 Å². The molecule has 0 aliphatic carbocycles. The molecule has 8 nitrogen and oxygen atoms in total. The third kappa shape index (κ3) is 5.79. The lowest BCUT2D eigenvalue weighted by atomic mass is 9.97. The highest BCUT2D eigenvalue weighted by molar-refractivity contribution is 7.59. The summed E-state index contributed by atoms with van der Waals surface area (Å²) in [6, 6.07) is 9.57. The first-order chi connectivity index (χ1) is 15.4. The number of carbonyl (C=O) groups is 1. The summed E-state index contributed by atoms with van der Waals surface area (Å²) < 4.78 is 11.8. The maximum Gasteiger partial charge on any atom is 0.242 e. The molecular formula is C24H30N4O4S. The van der Waals surface area contributed by atoms with Crippen molar-refractivity contribution in [2.75, 3.05) is 26.3 Å². The molecular weight excluding hydrogens is 440 g/mol. The van der Waals surface area contributed by atoms with Gasteiger partial charge < -0.3 is 19.5 Å². The molecule has 2 aromatic heterocycles. The molecule has 1 fully saturated rings. The number of rotatable bonds is 6. The molecule has 2 atom stereocenters. The summed E-state index contributed by atoms with van der Waals surface area (Å²) in [6.45, 7) is 7.34. The first-order valence-corrected chi connectivity index (χ1v) is 10.8. The number of aliphatic hydroxyl groups is 1. The van der Waals surface area contributed by atoms with E-state index in [0.717, 1.165) is 11.1 Å². The van der Waals surface area contributed by atoms with Crippen molar-refractivity contribution in [3.63, 3.8) is 0 Å². The molecule has 1 unspecified atom stereocenters. The lowest BCUT2D eigenvalue weighted by Crippen LogP contribution is -2.46. The van der Waals surface area contributed by atoms with Gasteiger partial charge in [0.2, 0.25) is 11.8 Å². The van der Waals surface area contributed by atoms with Crippen molar-refractivity contribution in [1.82, 2.24) is 19.9 Å². The lowest BCUT2D eigenvalue weighted by Gasteiger charge is -2.32. The number of carbonyl (C=O) groups excluding carboxylic acids is 1. The van der Waals surface area contributed by atoms with Crippen molar-refractivity contribution in [3.05, 3.63) is 48.3 Å². The molecule has 9 heteroatoms. The van der Waals surface area contributed by atoms with Crippen LogP contribution >= 0.6 is 13.5 Å². The smallest absolute Gasteiger partial charge is 0.242 e. The summed E-state index contributed by atoms with van der Waals surface area (Å²) in [6.07, 6.45) is 2.49. The number of aliphatic hydroxyl groups excluding tert-OH is 1. The molecule has 1 aliphatic heterocycles. The van der Waals surface area contributed by atoms with Gasteiger partial charge in [0.25, 0.3) is 0 Å². The third-order valence-electron chi connectivity index (χ3n) is 5.59. The number of nitrogens with zero attached hydrogens (tertiary/aromatic N) is 4. The maximum atomic E-state index is 11.7. The van der Waals surface area contributed by atoms with Gasteiger partial charge in [0.15, 0.2) is 5.52 Å². The highest BCUT2D eigenvalue weighted by Crippen LogP contribution is 2.29. The summed E-state index contributed by atoms with van der Waals surface area (Å²) >= 11 is 0. The van der Waals surface area contributed by atoms with E-state index in [1.165, 1.54) is 0 Å². The van der Waals surface area contributed by atoms with E-state index in [-0.39, 0.29) is 38.0 Å². The molecule has 0 radical (unpaired) electrons. The molecule has 3 heterocycles. The van der Waals surface area contributed by atoms with Gasteiger partial charge in [0.05, 0.1) is 30.5 Å². The maximum absolute atomic E-state index is 11.7. The van der Waals surface area contributed by atoms with Crippen LogP contribution in [0, 0.1) is 5.92 Å². The standard InChI is InChI=1S/C24H28N4O4.H2S/c1-15(2)23(30)18-6-4-17(5-7-18)20-12-21-22(26-9-8-25-21)24(27-20)32-14-19-13-28(16(3)29)10-11-31-19;/h4-9,12,15,19,23,30H,10-11,13-14H2,1-3H3;1H2/t19-,23?;/m0./s1. The second kappa shape index (κ2) is 10.9. The van der Waals surface area contributed by atoms with E-state index in [4.69, 9.17) is 14.5 Å². The van der Waals surface area contributed by atoms with Crippen molar-refractivity contribution < 1.29 is 19.4 Å². The normalized spacial score (nSPS) is 17.0. The number of fused-ring (bicyclic) bond motifs is 1. The van der Waals surface area contributed by atoms with Gasteiger partial charge >= 0.3 is 0 Å². The fourth-order valence-electron chi connectivity index (χ4n) is 3.71. The van der Waals surface area contributed by atoms with Crippen LogP contribution in [0.3, 0.4) is 0 Å². The van der Waals surface area contributed by atoms with Crippen molar-refractivity contribution in [2.45, 2.75) is 33.0 Å². The first-order valence-electron chi connectivity index (χ1n) is 10.8. The highest BCUT2D eigenvalue weighted by atomic mass is 32.1. The summed E-state index contributed by atoms with van der Waals surface area (Å²) in [4.78, 5) is 26.9. The molecule has 1 N–H and O–H groups in total. The van der Waals surface area contributed by atoms with Gasteiger partial charge in [0.1, 0.15) is 12.7 Å². The van der Waals surface area contributed by atoms with Crippen molar-refractivity contribution in [1.29, 1.82) is 0 Å². The Morgan fingerprint density at radius 3 is 2.67 bits per heavy atom. The molecule has 33 heavy (non-hydrogen) atoms. The summed E-state index contributed by atoms with van der Waals surface area (Å²) in [7, 11) is 0. The number of aromatic nitrogens is 3. The van der Waals surface area contributed by atoms with Crippen molar-refractivity contribution in [3.8, 4) is 17.1 Å². The largest absolute Gasteiger partial charge is 0.473 e. The van der Waals surface area contributed by atoms with E-state index in [1.807, 2.05) is 44.2 Å². The molecule has 1 amide bonds. The molecule has 1 aliphatic rings.